The van der Waals surface area contributed by atoms with E-state index in [2.05, 4.69) is 15.2 Å². The van der Waals surface area contributed by atoms with Crippen LogP contribution in [0.4, 0.5) is 5.69 Å². The van der Waals surface area contributed by atoms with E-state index in [0.717, 1.165) is 5.56 Å². The molecule has 1 aliphatic heterocycles. The van der Waals surface area contributed by atoms with Gasteiger partial charge in [0, 0.05) is 12.6 Å². The maximum Gasteiger partial charge on any atom is 0.267 e. The first kappa shape index (κ1) is 11.4. The molecule has 100 valence electrons. The number of sulfonamides is 1. The molecule has 1 aromatic carbocycles. The van der Waals surface area contributed by atoms with Crippen LogP contribution < -0.4 is 4.31 Å². The van der Waals surface area contributed by atoms with E-state index in [1.165, 1.54) is 23.9 Å². The molecule has 0 unspecified atom stereocenters. The summed E-state index contributed by atoms with van der Waals surface area (Å²) in [5.41, 5.74) is 1.99. The molecule has 2 aromatic heterocycles. The Hall–Kier alpha value is -2.48. The number of para-hydroxylation sites is 1. The second-order valence-corrected chi connectivity index (χ2v) is 6.40. The van der Waals surface area contributed by atoms with Crippen LogP contribution >= 0.6 is 0 Å². The third-order valence-corrected chi connectivity index (χ3v) is 5.21. The van der Waals surface area contributed by atoms with E-state index in [0.29, 0.717) is 17.2 Å². The molecule has 7 nitrogen and oxygen atoms in total. The molecule has 20 heavy (non-hydrogen) atoms. The second-order valence-electron chi connectivity index (χ2n) is 4.46. The van der Waals surface area contributed by atoms with Crippen molar-refractivity contribution in [1.29, 1.82) is 0 Å². The predicted octanol–water partition coefficient (Wildman–Crippen LogP) is 0.930. The van der Waals surface area contributed by atoms with Crippen molar-refractivity contribution in [2.45, 2.75) is 4.90 Å². The first-order valence-corrected chi connectivity index (χ1v) is 7.32. The van der Waals surface area contributed by atoms with Gasteiger partial charge in [-0.25, -0.2) is 13.4 Å². The fraction of sp³-hybridized carbons (Fsp3) is 0.0833. The Balaban J connectivity index is 2.26. The van der Waals surface area contributed by atoms with Crippen LogP contribution in [-0.4, -0.2) is 35.0 Å². The van der Waals surface area contributed by atoms with Crippen LogP contribution in [0.1, 0.15) is 0 Å². The van der Waals surface area contributed by atoms with Crippen molar-refractivity contribution < 1.29 is 8.42 Å². The third-order valence-electron chi connectivity index (χ3n) is 3.44. The number of aromatic nitrogens is 4. The van der Waals surface area contributed by atoms with Gasteiger partial charge in [-0.2, -0.15) is 0 Å². The normalized spacial score (nSPS) is 15.9. The predicted molar refractivity (Wildman–Crippen MR) is 71.8 cm³/mol. The van der Waals surface area contributed by atoms with Crippen molar-refractivity contribution in [2.24, 2.45) is 0 Å². The Morgan fingerprint density at radius 2 is 2.00 bits per heavy atom. The Morgan fingerprint density at radius 3 is 2.85 bits per heavy atom. The average Bonchev–Trinajstić information content (AvgIpc) is 2.93. The van der Waals surface area contributed by atoms with E-state index in [1.54, 1.807) is 16.5 Å². The van der Waals surface area contributed by atoms with Crippen LogP contribution in [0.3, 0.4) is 0 Å². The molecule has 4 rings (SSSR count). The summed E-state index contributed by atoms with van der Waals surface area (Å²) in [4.78, 5) is 4.20. The number of hydrogen-bond donors (Lipinski definition) is 0. The lowest BCUT2D eigenvalue weighted by Crippen LogP contribution is -2.31. The number of anilines is 1. The minimum Gasteiger partial charge on any atom is -0.269 e. The van der Waals surface area contributed by atoms with E-state index in [9.17, 15) is 8.42 Å². The molecule has 0 saturated carbocycles. The topological polar surface area (TPSA) is 80.5 Å². The zero-order valence-electron chi connectivity index (χ0n) is 10.4. The molecule has 0 atom stereocenters. The number of nitrogens with zero attached hydrogens (tertiary/aromatic N) is 5. The third kappa shape index (κ3) is 1.23. The summed E-state index contributed by atoms with van der Waals surface area (Å²) in [5, 5.41) is 7.65. The molecular weight excluding hydrogens is 278 g/mol. The first-order chi connectivity index (χ1) is 9.60. The first-order valence-electron chi connectivity index (χ1n) is 5.88. The Morgan fingerprint density at radius 1 is 1.20 bits per heavy atom. The highest BCUT2D eigenvalue weighted by Gasteiger charge is 2.34. The smallest absolute Gasteiger partial charge is 0.267 e. The number of rotatable bonds is 0. The standard InChI is InChI=1S/C12H9N5O2S/c1-16-9-5-3-2-4-8(9)11-10(20(16,18)19)6-13-12-15-14-7-17(11)12/h2-7H,1H3. The van der Waals surface area contributed by atoms with E-state index in [1.807, 2.05) is 12.1 Å². The molecule has 1 aliphatic rings. The summed E-state index contributed by atoms with van der Waals surface area (Å²) in [6.07, 6.45) is 2.81. The zero-order chi connectivity index (χ0) is 13.9. The van der Waals surface area contributed by atoms with Gasteiger partial charge in [-0.1, -0.05) is 18.2 Å². The Kier molecular flexibility index (Phi) is 2.01. The molecule has 0 aliphatic carbocycles. The van der Waals surface area contributed by atoms with Gasteiger partial charge in [0.05, 0.1) is 17.6 Å². The van der Waals surface area contributed by atoms with Gasteiger partial charge in [0.25, 0.3) is 15.8 Å². The van der Waals surface area contributed by atoms with Crippen LogP contribution in [0, 0.1) is 0 Å². The molecule has 0 N–H and O–H groups in total. The quantitative estimate of drug-likeness (QED) is 0.614. The highest BCUT2D eigenvalue weighted by atomic mass is 32.2. The maximum atomic E-state index is 12.6. The lowest BCUT2D eigenvalue weighted by Gasteiger charge is -2.28. The molecule has 0 fully saturated rings. The highest BCUT2D eigenvalue weighted by Crippen LogP contribution is 2.41. The summed E-state index contributed by atoms with van der Waals surface area (Å²) in [6, 6.07) is 7.32. The molecule has 0 spiro atoms. The van der Waals surface area contributed by atoms with Crippen LogP contribution in [0.5, 0.6) is 0 Å². The van der Waals surface area contributed by atoms with Gasteiger partial charge in [0.2, 0.25) is 0 Å². The summed E-state index contributed by atoms with van der Waals surface area (Å²) in [6.45, 7) is 0. The molecule has 0 radical (unpaired) electrons. The molecular formula is C12H9N5O2S. The largest absolute Gasteiger partial charge is 0.269 e. The Labute approximate surface area is 114 Å². The van der Waals surface area contributed by atoms with Gasteiger partial charge in [-0.05, 0) is 6.07 Å². The van der Waals surface area contributed by atoms with Gasteiger partial charge in [0.1, 0.15) is 11.2 Å². The summed E-state index contributed by atoms with van der Waals surface area (Å²) >= 11 is 0. The van der Waals surface area contributed by atoms with Crippen LogP contribution in [0.15, 0.2) is 41.7 Å². The van der Waals surface area contributed by atoms with E-state index >= 15 is 0 Å². The minimum atomic E-state index is -3.61. The van der Waals surface area contributed by atoms with Crippen LogP contribution in [0.2, 0.25) is 0 Å². The number of hydrogen-bond acceptors (Lipinski definition) is 5. The van der Waals surface area contributed by atoms with Crippen molar-refractivity contribution in [2.75, 3.05) is 11.4 Å². The molecule has 8 heteroatoms. The van der Waals surface area contributed by atoms with Crippen LogP contribution in [-0.2, 0) is 10.0 Å². The molecule has 3 heterocycles. The molecule has 3 aromatic rings. The van der Waals surface area contributed by atoms with Crippen molar-refractivity contribution in [3.8, 4) is 11.3 Å². The van der Waals surface area contributed by atoms with Gasteiger partial charge in [-0.15, -0.1) is 10.2 Å². The van der Waals surface area contributed by atoms with Crippen molar-refractivity contribution in [3.05, 3.63) is 36.8 Å². The van der Waals surface area contributed by atoms with E-state index in [4.69, 9.17) is 0 Å². The summed E-state index contributed by atoms with van der Waals surface area (Å²) < 4.78 is 28.0. The highest BCUT2D eigenvalue weighted by molar-refractivity contribution is 7.93. The lowest BCUT2D eigenvalue weighted by molar-refractivity contribution is 0.593. The van der Waals surface area contributed by atoms with Crippen molar-refractivity contribution in [1.82, 2.24) is 19.6 Å². The van der Waals surface area contributed by atoms with Crippen molar-refractivity contribution in [3.63, 3.8) is 0 Å². The van der Waals surface area contributed by atoms with Gasteiger partial charge >= 0.3 is 0 Å². The minimum absolute atomic E-state index is 0.158. The van der Waals surface area contributed by atoms with Crippen LogP contribution in [0.25, 0.3) is 17.0 Å². The number of fused-ring (bicyclic) bond motifs is 5. The fourth-order valence-electron chi connectivity index (χ4n) is 2.45. The van der Waals surface area contributed by atoms with E-state index < -0.39 is 10.0 Å². The summed E-state index contributed by atoms with van der Waals surface area (Å²) in [5.74, 6) is 0.373. The van der Waals surface area contributed by atoms with Gasteiger partial charge < -0.3 is 0 Å². The Bertz CT molecular complexity index is 947. The summed E-state index contributed by atoms with van der Waals surface area (Å²) in [7, 11) is -2.07. The number of benzene rings is 1. The zero-order valence-corrected chi connectivity index (χ0v) is 11.2. The van der Waals surface area contributed by atoms with Gasteiger partial charge in [0.15, 0.2) is 0 Å². The monoisotopic (exact) mass is 287 g/mol. The second kappa shape index (κ2) is 3.54. The maximum absolute atomic E-state index is 12.6. The fourth-order valence-corrected chi connectivity index (χ4v) is 3.80. The SMILES string of the molecule is CN1c2ccccc2-c2c(cnc3nncn23)S1(=O)=O. The molecule has 0 bridgehead atoms. The van der Waals surface area contributed by atoms with Crippen molar-refractivity contribution >= 4 is 21.5 Å². The molecule has 0 amide bonds. The molecule has 0 saturated heterocycles. The van der Waals surface area contributed by atoms with Gasteiger partial charge in [-0.3, -0.25) is 8.71 Å². The average molecular weight is 287 g/mol. The van der Waals surface area contributed by atoms with E-state index in [-0.39, 0.29) is 4.90 Å². The lowest BCUT2D eigenvalue weighted by atomic mass is 10.1.